The van der Waals surface area contributed by atoms with Gasteiger partial charge < -0.3 is 15.3 Å². The van der Waals surface area contributed by atoms with Gasteiger partial charge in [-0.15, -0.1) is 23.5 Å². The van der Waals surface area contributed by atoms with Gasteiger partial charge >= 0.3 is 0 Å². The summed E-state index contributed by atoms with van der Waals surface area (Å²) in [7, 11) is 0. The van der Waals surface area contributed by atoms with Gasteiger partial charge in [-0.25, -0.2) is 0 Å². The van der Waals surface area contributed by atoms with E-state index in [9.17, 15) is 9.59 Å². The zero-order chi connectivity index (χ0) is 23.1. The summed E-state index contributed by atoms with van der Waals surface area (Å²) in [5.74, 6) is -0.730. The van der Waals surface area contributed by atoms with Crippen LogP contribution in [0.5, 0.6) is 0 Å². The zero-order valence-corrected chi connectivity index (χ0v) is 20.0. The largest absolute Gasteiger partial charge is 0.361 e. The number of hydrogen-bond acceptors (Lipinski definition) is 5. The Hall–Kier alpha value is -2.94. The van der Waals surface area contributed by atoms with Crippen molar-refractivity contribution in [1.82, 2.24) is 14.9 Å². The number of H-pyrrole nitrogens is 1. The lowest BCUT2D eigenvalue weighted by molar-refractivity contribution is -0.122. The molecule has 3 heterocycles. The third-order valence-electron chi connectivity index (χ3n) is 6.05. The van der Waals surface area contributed by atoms with Crippen LogP contribution in [0.2, 0.25) is 0 Å². The Labute approximate surface area is 200 Å². The Morgan fingerprint density at radius 2 is 1.58 bits per heavy atom. The topological polar surface area (TPSA) is 92.9 Å². The molecule has 0 saturated heterocycles. The van der Waals surface area contributed by atoms with Gasteiger partial charge in [-0.05, 0) is 61.9 Å². The second-order valence-corrected chi connectivity index (χ2v) is 9.67. The van der Waals surface area contributed by atoms with Crippen molar-refractivity contribution in [1.29, 1.82) is 0 Å². The second-order valence-electron chi connectivity index (χ2n) is 7.91. The quantitative estimate of drug-likeness (QED) is 0.270. The number of aromatic amines is 1. The van der Waals surface area contributed by atoms with Crippen LogP contribution in [0, 0.1) is 0 Å². The normalized spacial score (nSPS) is 14.2. The Morgan fingerprint density at radius 3 is 2.27 bits per heavy atom. The van der Waals surface area contributed by atoms with Crippen LogP contribution in [0.3, 0.4) is 0 Å². The molecule has 1 aliphatic rings. The Kier molecular flexibility index (Phi) is 5.82. The maximum absolute atomic E-state index is 13.1. The maximum atomic E-state index is 13.1. The standard InChI is InChI=1S/C25H24N4O2S2/c1-32-14-4-6-20-16(10-14)18(12-27-20)22-23(25(31)28-24(22)30)19-13-29(9-3-8-26)21-7-5-15(33-2)11-17(19)21/h4-7,10-13,27H,3,8-9,26H2,1-2H3,(H,28,30,31). The van der Waals surface area contributed by atoms with Crippen molar-refractivity contribution < 1.29 is 9.59 Å². The van der Waals surface area contributed by atoms with Crippen LogP contribution >= 0.6 is 23.5 Å². The Bertz CT molecular complexity index is 1450. The molecule has 0 fully saturated rings. The third kappa shape index (κ3) is 3.68. The van der Waals surface area contributed by atoms with Gasteiger partial charge in [0.25, 0.3) is 11.8 Å². The summed E-state index contributed by atoms with van der Waals surface area (Å²) in [6.07, 6.45) is 8.68. The molecule has 2 aromatic heterocycles. The highest BCUT2D eigenvalue weighted by Crippen LogP contribution is 2.39. The van der Waals surface area contributed by atoms with Gasteiger partial charge in [0, 0.05) is 61.7 Å². The predicted octanol–water partition coefficient (Wildman–Crippen LogP) is 4.48. The number of aromatic nitrogens is 2. The maximum Gasteiger partial charge on any atom is 0.259 e. The molecule has 0 aliphatic carbocycles. The number of nitrogens with zero attached hydrogens (tertiary/aromatic N) is 1. The fourth-order valence-corrected chi connectivity index (χ4v) is 5.33. The molecule has 168 valence electrons. The van der Waals surface area contributed by atoms with Crippen LogP contribution in [0.25, 0.3) is 33.0 Å². The van der Waals surface area contributed by atoms with E-state index in [1.807, 2.05) is 37.0 Å². The molecule has 0 saturated carbocycles. The lowest BCUT2D eigenvalue weighted by Gasteiger charge is -2.05. The van der Waals surface area contributed by atoms with Crippen molar-refractivity contribution in [2.75, 3.05) is 19.1 Å². The SMILES string of the molecule is CSc1ccc2[nH]cc(C3=C(c4cn(CCCN)c5ccc(SC)cc45)C(=O)NC3=O)c2c1. The van der Waals surface area contributed by atoms with Crippen molar-refractivity contribution in [2.45, 2.75) is 22.8 Å². The van der Waals surface area contributed by atoms with Crippen LogP contribution in [0.4, 0.5) is 0 Å². The van der Waals surface area contributed by atoms with Crippen molar-refractivity contribution in [3.05, 3.63) is 59.9 Å². The lowest BCUT2D eigenvalue weighted by Crippen LogP contribution is -2.22. The van der Waals surface area contributed by atoms with E-state index in [0.717, 1.165) is 55.7 Å². The average Bonchev–Trinajstić information content (AvgIpc) is 3.49. The molecule has 0 bridgehead atoms. The molecule has 2 amide bonds. The van der Waals surface area contributed by atoms with Crippen LogP contribution < -0.4 is 11.1 Å². The van der Waals surface area contributed by atoms with E-state index in [-0.39, 0.29) is 11.8 Å². The van der Waals surface area contributed by atoms with E-state index >= 15 is 0 Å². The summed E-state index contributed by atoms with van der Waals surface area (Å²) in [6, 6.07) is 12.3. The zero-order valence-electron chi connectivity index (χ0n) is 18.4. The van der Waals surface area contributed by atoms with Crippen LogP contribution in [0.15, 0.2) is 58.6 Å². The number of amides is 2. The Morgan fingerprint density at radius 1 is 0.909 bits per heavy atom. The summed E-state index contributed by atoms with van der Waals surface area (Å²) in [6.45, 7) is 1.33. The van der Waals surface area contributed by atoms with Gasteiger partial charge in [0.05, 0.1) is 11.1 Å². The number of nitrogens with two attached hydrogens (primary N) is 1. The molecule has 6 nitrogen and oxygen atoms in total. The molecule has 0 unspecified atom stereocenters. The smallest absolute Gasteiger partial charge is 0.259 e. The molecular formula is C25H24N4O2S2. The van der Waals surface area contributed by atoms with E-state index in [1.165, 1.54) is 0 Å². The third-order valence-corrected chi connectivity index (χ3v) is 7.50. The minimum atomic E-state index is -0.366. The molecule has 1 aliphatic heterocycles. The van der Waals surface area contributed by atoms with E-state index in [0.29, 0.717) is 17.7 Å². The minimum absolute atomic E-state index is 0.363. The molecule has 0 spiro atoms. The molecule has 2 aromatic carbocycles. The van der Waals surface area contributed by atoms with Gasteiger partial charge in [0.15, 0.2) is 0 Å². The second kappa shape index (κ2) is 8.78. The number of carbonyl (C=O) groups excluding carboxylic acids is 2. The molecule has 4 N–H and O–H groups in total. The van der Waals surface area contributed by atoms with E-state index in [4.69, 9.17) is 5.73 Å². The number of imide groups is 1. The summed E-state index contributed by atoms with van der Waals surface area (Å²) < 4.78 is 2.13. The van der Waals surface area contributed by atoms with E-state index < -0.39 is 0 Å². The number of fused-ring (bicyclic) bond motifs is 2. The lowest BCUT2D eigenvalue weighted by atomic mass is 9.95. The molecule has 0 atom stereocenters. The fraction of sp³-hybridized carbons (Fsp3) is 0.200. The molecule has 4 aromatic rings. The van der Waals surface area contributed by atoms with E-state index in [2.05, 4.69) is 39.1 Å². The highest BCUT2D eigenvalue weighted by atomic mass is 32.2. The van der Waals surface area contributed by atoms with Crippen LogP contribution in [-0.2, 0) is 16.1 Å². The van der Waals surface area contributed by atoms with Gasteiger partial charge in [0.1, 0.15) is 0 Å². The van der Waals surface area contributed by atoms with Gasteiger partial charge in [-0.1, -0.05) is 0 Å². The van der Waals surface area contributed by atoms with Crippen molar-refractivity contribution in [2.24, 2.45) is 5.73 Å². The summed E-state index contributed by atoms with van der Waals surface area (Å²) in [5.41, 5.74) is 10.1. The number of carbonyl (C=O) groups is 2. The first kappa shape index (κ1) is 21.9. The van der Waals surface area contributed by atoms with E-state index in [1.54, 1.807) is 23.5 Å². The summed E-state index contributed by atoms with van der Waals surface area (Å²) in [5, 5.41) is 4.42. The predicted molar refractivity (Wildman–Crippen MR) is 137 cm³/mol. The van der Waals surface area contributed by atoms with Crippen molar-refractivity contribution in [3.8, 4) is 0 Å². The van der Waals surface area contributed by atoms with Crippen molar-refractivity contribution in [3.63, 3.8) is 0 Å². The van der Waals surface area contributed by atoms with Gasteiger partial charge in [0.2, 0.25) is 0 Å². The summed E-state index contributed by atoms with van der Waals surface area (Å²) in [4.78, 5) is 31.7. The first-order chi connectivity index (χ1) is 16.0. The molecule has 5 rings (SSSR count). The minimum Gasteiger partial charge on any atom is -0.361 e. The van der Waals surface area contributed by atoms with Gasteiger partial charge in [-0.3, -0.25) is 14.9 Å². The summed E-state index contributed by atoms with van der Waals surface area (Å²) >= 11 is 3.29. The highest BCUT2D eigenvalue weighted by Gasteiger charge is 2.35. The van der Waals surface area contributed by atoms with Gasteiger partial charge in [-0.2, -0.15) is 0 Å². The molecule has 0 radical (unpaired) electrons. The molecule has 8 heteroatoms. The monoisotopic (exact) mass is 476 g/mol. The molecular weight excluding hydrogens is 452 g/mol. The fourth-order valence-electron chi connectivity index (χ4n) is 4.45. The first-order valence-corrected chi connectivity index (χ1v) is 13.1. The first-order valence-electron chi connectivity index (χ1n) is 10.7. The number of rotatable bonds is 7. The number of aryl methyl sites for hydroxylation is 1. The Balaban J connectivity index is 1.79. The number of benzene rings is 2. The van der Waals surface area contributed by atoms with Crippen LogP contribution in [-0.4, -0.2) is 40.4 Å². The van der Waals surface area contributed by atoms with Crippen LogP contribution in [0.1, 0.15) is 17.5 Å². The van der Waals surface area contributed by atoms with Crippen molar-refractivity contribution >= 4 is 68.3 Å². The number of nitrogens with one attached hydrogen (secondary N) is 2. The highest BCUT2D eigenvalue weighted by molar-refractivity contribution is 7.98. The number of hydrogen-bond donors (Lipinski definition) is 3. The number of thioether (sulfide) groups is 2. The average molecular weight is 477 g/mol. The molecule has 33 heavy (non-hydrogen) atoms.